The number of carbonyl (C=O) groups excluding carboxylic acids is 2. The first-order valence-corrected chi connectivity index (χ1v) is 6.37. The van der Waals surface area contributed by atoms with Gasteiger partial charge in [0.05, 0.1) is 22.8 Å². The number of fused-ring (bicyclic) bond motifs is 1. The van der Waals surface area contributed by atoms with E-state index >= 15 is 0 Å². The lowest BCUT2D eigenvalue weighted by Gasteiger charge is -2.33. The van der Waals surface area contributed by atoms with Crippen molar-refractivity contribution in [2.24, 2.45) is 0 Å². The summed E-state index contributed by atoms with van der Waals surface area (Å²) in [6, 6.07) is 3.58. The van der Waals surface area contributed by atoms with Crippen LogP contribution in [-0.2, 0) is 14.9 Å². The molecule has 5 heteroatoms. The number of benzene rings is 1. The molecule has 0 aliphatic carbocycles. The van der Waals surface area contributed by atoms with Crippen LogP contribution in [0.3, 0.4) is 0 Å². The van der Waals surface area contributed by atoms with Gasteiger partial charge in [-0.25, -0.2) is 4.79 Å². The molecule has 0 radical (unpaired) electrons. The molecule has 4 nitrogen and oxygen atoms in total. The fourth-order valence-corrected chi connectivity index (χ4v) is 2.82. The highest BCUT2D eigenvalue weighted by atomic mass is 79.9. The number of esters is 1. The van der Waals surface area contributed by atoms with Gasteiger partial charge in [0.1, 0.15) is 0 Å². The molecule has 0 bridgehead atoms. The van der Waals surface area contributed by atoms with Gasteiger partial charge in [-0.15, -0.1) is 0 Å². The average molecular weight is 312 g/mol. The molecule has 0 atom stereocenters. The number of anilines is 1. The van der Waals surface area contributed by atoms with Gasteiger partial charge < -0.3 is 10.1 Å². The van der Waals surface area contributed by atoms with Crippen LogP contribution in [0.4, 0.5) is 5.69 Å². The van der Waals surface area contributed by atoms with Crippen LogP contribution in [0.5, 0.6) is 0 Å². The molecule has 1 aromatic carbocycles. The molecule has 96 valence electrons. The van der Waals surface area contributed by atoms with E-state index in [1.165, 1.54) is 7.11 Å². The molecular formula is C13H14BrNO3. The van der Waals surface area contributed by atoms with Crippen molar-refractivity contribution in [2.45, 2.75) is 25.7 Å². The van der Waals surface area contributed by atoms with Gasteiger partial charge in [-0.1, -0.05) is 19.9 Å². The number of nitrogens with one attached hydrogen (secondary N) is 1. The number of carbonyl (C=O) groups is 2. The van der Waals surface area contributed by atoms with E-state index in [2.05, 4.69) is 21.2 Å². The topological polar surface area (TPSA) is 55.4 Å². The Labute approximate surface area is 114 Å². The van der Waals surface area contributed by atoms with Crippen molar-refractivity contribution >= 4 is 33.5 Å². The van der Waals surface area contributed by atoms with Crippen molar-refractivity contribution in [1.82, 2.24) is 0 Å². The summed E-state index contributed by atoms with van der Waals surface area (Å²) in [7, 11) is 1.33. The van der Waals surface area contributed by atoms with Crippen molar-refractivity contribution < 1.29 is 14.3 Å². The minimum atomic E-state index is -0.428. The first kappa shape index (κ1) is 13.1. The predicted octanol–water partition coefficient (Wildman–Crippen LogP) is 2.86. The molecule has 0 spiro atoms. The van der Waals surface area contributed by atoms with Crippen molar-refractivity contribution in [2.75, 3.05) is 12.4 Å². The summed E-state index contributed by atoms with van der Waals surface area (Å²) >= 11 is 3.37. The van der Waals surface area contributed by atoms with Crippen molar-refractivity contribution in [3.63, 3.8) is 0 Å². The molecule has 1 aliphatic heterocycles. The second kappa shape index (κ2) is 4.39. The second-order valence-corrected chi connectivity index (χ2v) is 5.74. The molecule has 1 N–H and O–H groups in total. The Bertz CT molecular complexity index is 537. The van der Waals surface area contributed by atoms with E-state index in [4.69, 9.17) is 4.74 Å². The van der Waals surface area contributed by atoms with E-state index < -0.39 is 5.97 Å². The molecule has 0 saturated heterocycles. The van der Waals surface area contributed by atoms with Crippen LogP contribution in [0.15, 0.2) is 16.6 Å². The summed E-state index contributed by atoms with van der Waals surface area (Å²) in [5, 5.41) is 2.81. The highest BCUT2D eigenvalue weighted by molar-refractivity contribution is 9.10. The molecule has 1 heterocycles. The number of hydrogen-bond acceptors (Lipinski definition) is 3. The number of halogens is 1. The maximum absolute atomic E-state index is 11.7. The van der Waals surface area contributed by atoms with Crippen LogP contribution in [-0.4, -0.2) is 19.0 Å². The number of ether oxygens (including phenoxy) is 1. The molecular weight excluding hydrogens is 298 g/mol. The molecule has 1 amide bonds. The van der Waals surface area contributed by atoms with Gasteiger partial charge >= 0.3 is 5.97 Å². The van der Waals surface area contributed by atoms with E-state index in [0.29, 0.717) is 22.1 Å². The van der Waals surface area contributed by atoms with Crippen LogP contribution in [0.25, 0.3) is 0 Å². The van der Waals surface area contributed by atoms with Crippen molar-refractivity contribution in [3.8, 4) is 0 Å². The molecule has 0 unspecified atom stereocenters. The van der Waals surface area contributed by atoms with Gasteiger partial charge in [0.15, 0.2) is 0 Å². The molecule has 2 rings (SSSR count). The first-order valence-electron chi connectivity index (χ1n) is 5.58. The lowest BCUT2D eigenvalue weighted by molar-refractivity contribution is -0.117. The zero-order valence-corrected chi connectivity index (χ0v) is 12.1. The Balaban J connectivity index is 2.62. The standard InChI is InChI=1S/C13H14BrNO3/c1-13(2)6-9(16)15-11-8(13)5-4-7(10(11)14)12(17)18-3/h4-5H,6H2,1-3H3,(H,15,16). The van der Waals surface area contributed by atoms with E-state index in [1.54, 1.807) is 6.07 Å². The van der Waals surface area contributed by atoms with Crippen LogP contribution >= 0.6 is 15.9 Å². The minimum absolute atomic E-state index is 0.0461. The quantitative estimate of drug-likeness (QED) is 0.811. The summed E-state index contributed by atoms with van der Waals surface area (Å²) < 4.78 is 5.28. The number of methoxy groups -OCH3 is 1. The number of amides is 1. The first-order chi connectivity index (χ1) is 8.36. The normalized spacial score (nSPS) is 16.8. The van der Waals surface area contributed by atoms with Gasteiger partial charge in [0.25, 0.3) is 0 Å². The monoisotopic (exact) mass is 311 g/mol. The van der Waals surface area contributed by atoms with E-state index in [-0.39, 0.29) is 11.3 Å². The molecule has 0 aromatic heterocycles. The van der Waals surface area contributed by atoms with Crippen molar-refractivity contribution in [1.29, 1.82) is 0 Å². The number of hydrogen-bond donors (Lipinski definition) is 1. The fraction of sp³-hybridized carbons (Fsp3) is 0.385. The zero-order valence-electron chi connectivity index (χ0n) is 10.5. The molecule has 0 fully saturated rings. The smallest absolute Gasteiger partial charge is 0.339 e. The Kier molecular flexibility index (Phi) is 3.19. The summed E-state index contributed by atoms with van der Waals surface area (Å²) in [5.74, 6) is -0.475. The van der Waals surface area contributed by atoms with Crippen LogP contribution in [0, 0.1) is 0 Å². The van der Waals surface area contributed by atoms with E-state index in [1.807, 2.05) is 19.9 Å². The maximum atomic E-state index is 11.7. The maximum Gasteiger partial charge on any atom is 0.339 e. The Hall–Kier alpha value is -1.36. The lowest BCUT2D eigenvalue weighted by Crippen LogP contribution is -2.33. The van der Waals surface area contributed by atoms with Crippen LogP contribution in [0.1, 0.15) is 36.2 Å². The van der Waals surface area contributed by atoms with E-state index in [9.17, 15) is 9.59 Å². The summed E-state index contributed by atoms with van der Waals surface area (Å²) in [4.78, 5) is 23.3. The Morgan fingerprint density at radius 3 is 2.72 bits per heavy atom. The lowest BCUT2D eigenvalue weighted by atomic mass is 9.77. The van der Waals surface area contributed by atoms with Crippen LogP contribution < -0.4 is 5.32 Å². The third-order valence-electron chi connectivity index (χ3n) is 3.14. The summed E-state index contributed by atoms with van der Waals surface area (Å²) in [5.41, 5.74) is 1.85. The molecule has 1 aromatic rings. The summed E-state index contributed by atoms with van der Waals surface area (Å²) in [6.45, 7) is 4.02. The minimum Gasteiger partial charge on any atom is -0.465 e. The van der Waals surface area contributed by atoms with E-state index in [0.717, 1.165) is 5.56 Å². The van der Waals surface area contributed by atoms with Gasteiger partial charge in [-0.3, -0.25) is 4.79 Å². The van der Waals surface area contributed by atoms with Crippen molar-refractivity contribution in [3.05, 3.63) is 27.7 Å². The summed E-state index contributed by atoms with van der Waals surface area (Å²) in [6.07, 6.45) is 0.435. The molecule has 0 saturated carbocycles. The van der Waals surface area contributed by atoms with Crippen LogP contribution in [0.2, 0.25) is 0 Å². The highest BCUT2D eigenvalue weighted by Crippen LogP contribution is 2.42. The van der Waals surface area contributed by atoms with Gasteiger partial charge in [0, 0.05) is 11.8 Å². The largest absolute Gasteiger partial charge is 0.465 e. The fourth-order valence-electron chi connectivity index (χ4n) is 2.21. The zero-order chi connectivity index (χ0) is 13.5. The SMILES string of the molecule is COC(=O)c1ccc2c(c1Br)NC(=O)CC2(C)C. The van der Waals surface area contributed by atoms with Gasteiger partial charge in [-0.2, -0.15) is 0 Å². The third-order valence-corrected chi connectivity index (χ3v) is 3.97. The van der Waals surface area contributed by atoms with Gasteiger partial charge in [0.2, 0.25) is 5.91 Å². The van der Waals surface area contributed by atoms with Gasteiger partial charge in [-0.05, 0) is 27.6 Å². The third kappa shape index (κ3) is 2.03. The molecule has 18 heavy (non-hydrogen) atoms. The predicted molar refractivity (Wildman–Crippen MR) is 71.8 cm³/mol. The number of rotatable bonds is 1. The highest BCUT2D eigenvalue weighted by Gasteiger charge is 2.34. The Morgan fingerprint density at radius 1 is 1.44 bits per heavy atom. The second-order valence-electron chi connectivity index (χ2n) is 4.95. The Morgan fingerprint density at radius 2 is 2.11 bits per heavy atom. The molecule has 1 aliphatic rings. The average Bonchev–Trinajstić information content (AvgIpc) is 2.28.